The van der Waals surface area contributed by atoms with Crippen molar-refractivity contribution in [3.63, 3.8) is 0 Å². The molecule has 1 heterocycles. The summed E-state index contributed by atoms with van der Waals surface area (Å²) in [6.45, 7) is 0.653. The second-order valence-electron chi connectivity index (χ2n) is 6.13. The summed E-state index contributed by atoms with van der Waals surface area (Å²) < 4.78 is 4.69. The first-order valence-electron chi connectivity index (χ1n) is 8.63. The lowest BCUT2D eigenvalue weighted by Crippen LogP contribution is -2.20. The normalized spacial score (nSPS) is 10.2. The van der Waals surface area contributed by atoms with Crippen LogP contribution in [0.15, 0.2) is 67.0 Å². The zero-order valence-corrected chi connectivity index (χ0v) is 15.6. The van der Waals surface area contributed by atoms with Gasteiger partial charge in [-0.2, -0.15) is 0 Å². The fourth-order valence-electron chi connectivity index (χ4n) is 2.66. The van der Waals surface area contributed by atoms with Crippen LogP contribution in [-0.2, 0) is 11.3 Å². The lowest BCUT2D eigenvalue weighted by molar-refractivity contribution is 0.0600. The number of ether oxygens (including phenoxy) is 1. The summed E-state index contributed by atoms with van der Waals surface area (Å²) in [5.41, 5.74) is 2.19. The second-order valence-corrected chi connectivity index (χ2v) is 6.13. The molecule has 0 fully saturated rings. The predicted molar refractivity (Wildman–Crippen MR) is 106 cm³/mol. The number of nitrogens with one attached hydrogen (secondary N) is 1. The summed E-state index contributed by atoms with van der Waals surface area (Å²) in [7, 11) is 3.21. The minimum atomic E-state index is -0.469. The summed E-state index contributed by atoms with van der Waals surface area (Å²) in [4.78, 5) is 34.4. The third kappa shape index (κ3) is 4.70. The Hall–Kier alpha value is -3.74. The van der Waals surface area contributed by atoms with Crippen molar-refractivity contribution in [1.82, 2.24) is 9.97 Å². The van der Waals surface area contributed by atoms with Crippen LogP contribution in [0.3, 0.4) is 0 Å². The maximum absolute atomic E-state index is 12.6. The maximum atomic E-state index is 12.6. The highest BCUT2D eigenvalue weighted by molar-refractivity contribution is 6.03. The van der Waals surface area contributed by atoms with Gasteiger partial charge in [-0.25, -0.2) is 14.8 Å². The number of methoxy groups -OCH3 is 1. The van der Waals surface area contributed by atoms with Crippen molar-refractivity contribution in [2.24, 2.45) is 0 Å². The Balaban J connectivity index is 1.73. The SMILES string of the molecule is COC(=O)c1cccc(NC(=O)c2cc(N(C)Cc3ccccc3)ncn2)c1. The third-order valence-electron chi connectivity index (χ3n) is 4.08. The fourth-order valence-corrected chi connectivity index (χ4v) is 2.66. The molecule has 3 rings (SSSR count). The minimum Gasteiger partial charge on any atom is -0.465 e. The Morgan fingerprint density at radius 3 is 2.57 bits per heavy atom. The van der Waals surface area contributed by atoms with Gasteiger partial charge in [-0.15, -0.1) is 0 Å². The van der Waals surface area contributed by atoms with Crippen molar-refractivity contribution in [2.45, 2.75) is 6.54 Å². The van der Waals surface area contributed by atoms with Gasteiger partial charge in [-0.1, -0.05) is 36.4 Å². The predicted octanol–water partition coefficient (Wildman–Crippen LogP) is 3.15. The number of esters is 1. The topological polar surface area (TPSA) is 84.4 Å². The molecule has 1 aromatic heterocycles. The van der Waals surface area contributed by atoms with E-state index in [9.17, 15) is 9.59 Å². The number of aromatic nitrogens is 2. The molecule has 1 amide bonds. The van der Waals surface area contributed by atoms with Crippen LogP contribution < -0.4 is 10.2 Å². The largest absolute Gasteiger partial charge is 0.465 e. The second kappa shape index (κ2) is 8.77. The molecule has 7 heteroatoms. The van der Waals surface area contributed by atoms with Gasteiger partial charge in [0, 0.05) is 25.3 Å². The van der Waals surface area contributed by atoms with E-state index < -0.39 is 11.9 Å². The van der Waals surface area contributed by atoms with Crippen LogP contribution in [0.1, 0.15) is 26.4 Å². The van der Waals surface area contributed by atoms with E-state index in [0.717, 1.165) is 5.56 Å². The molecule has 7 nitrogen and oxygen atoms in total. The van der Waals surface area contributed by atoms with Gasteiger partial charge in [0.25, 0.3) is 5.91 Å². The van der Waals surface area contributed by atoms with Gasteiger partial charge >= 0.3 is 5.97 Å². The molecule has 0 bridgehead atoms. The molecule has 0 atom stereocenters. The average molecular weight is 376 g/mol. The van der Waals surface area contributed by atoms with Gasteiger partial charge in [-0.3, -0.25) is 4.79 Å². The Labute approximate surface area is 163 Å². The van der Waals surface area contributed by atoms with Gasteiger partial charge in [0.1, 0.15) is 17.8 Å². The van der Waals surface area contributed by atoms with Gasteiger partial charge in [0.2, 0.25) is 0 Å². The number of rotatable bonds is 6. The summed E-state index contributed by atoms with van der Waals surface area (Å²) in [6.07, 6.45) is 1.36. The highest BCUT2D eigenvalue weighted by Gasteiger charge is 2.13. The number of benzene rings is 2. The van der Waals surface area contributed by atoms with E-state index in [0.29, 0.717) is 23.6 Å². The van der Waals surface area contributed by atoms with Gasteiger partial charge < -0.3 is 15.0 Å². The first kappa shape index (κ1) is 19.0. The van der Waals surface area contributed by atoms with Crippen LogP contribution in [0.4, 0.5) is 11.5 Å². The van der Waals surface area contributed by atoms with Gasteiger partial charge in [0.05, 0.1) is 12.7 Å². The van der Waals surface area contributed by atoms with E-state index in [4.69, 9.17) is 4.74 Å². The van der Waals surface area contributed by atoms with Crippen molar-refractivity contribution in [3.05, 3.63) is 83.8 Å². The highest BCUT2D eigenvalue weighted by Crippen LogP contribution is 2.16. The molecular formula is C21H20N4O3. The van der Waals surface area contributed by atoms with Crippen LogP contribution in [0.2, 0.25) is 0 Å². The van der Waals surface area contributed by atoms with E-state index in [1.165, 1.54) is 13.4 Å². The minimum absolute atomic E-state index is 0.230. The monoisotopic (exact) mass is 376 g/mol. The summed E-state index contributed by atoms with van der Waals surface area (Å²) >= 11 is 0. The molecule has 3 aromatic rings. The van der Waals surface area contributed by atoms with Gasteiger partial charge in [0.15, 0.2) is 0 Å². The van der Waals surface area contributed by atoms with Crippen molar-refractivity contribution < 1.29 is 14.3 Å². The van der Waals surface area contributed by atoms with Crippen molar-refractivity contribution in [1.29, 1.82) is 0 Å². The third-order valence-corrected chi connectivity index (χ3v) is 4.08. The number of carbonyl (C=O) groups is 2. The summed E-state index contributed by atoms with van der Waals surface area (Å²) in [5, 5.41) is 2.74. The highest BCUT2D eigenvalue weighted by atomic mass is 16.5. The molecule has 1 N–H and O–H groups in total. The molecule has 28 heavy (non-hydrogen) atoms. The van der Waals surface area contributed by atoms with Crippen molar-refractivity contribution in [2.75, 3.05) is 24.4 Å². The molecule has 0 spiro atoms. The summed E-state index contributed by atoms with van der Waals surface area (Å²) in [5.74, 6) is -0.228. The van der Waals surface area contributed by atoms with Crippen LogP contribution in [0.25, 0.3) is 0 Å². The quantitative estimate of drug-likeness (QED) is 0.665. The van der Waals surface area contributed by atoms with Crippen LogP contribution in [-0.4, -0.2) is 36.0 Å². The smallest absolute Gasteiger partial charge is 0.337 e. The zero-order valence-electron chi connectivity index (χ0n) is 15.6. The molecule has 0 aliphatic carbocycles. The van der Waals surface area contributed by atoms with E-state index in [1.54, 1.807) is 30.3 Å². The number of amides is 1. The maximum Gasteiger partial charge on any atom is 0.337 e. The Bertz CT molecular complexity index is 976. The first-order valence-corrected chi connectivity index (χ1v) is 8.63. The zero-order chi connectivity index (χ0) is 19.9. The van der Waals surface area contributed by atoms with Crippen LogP contribution >= 0.6 is 0 Å². The Kier molecular flexibility index (Phi) is 5.96. The Morgan fingerprint density at radius 1 is 1.04 bits per heavy atom. The lowest BCUT2D eigenvalue weighted by Gasteiger charge is -2.18. The lowest BCUT2D eigenvalue weighted by atomic mass is 10.2. The molecule has 0 saturated carbocycles. The average Bonchev–Trinajstić information content (AvgIpc) is 2.74. The van der Waals surface area contributed by atoms with Crippen LogP contribution in [0, 0.1) is 0 Å². The summed E-state index contributed by atoms with van der Waals surface area (Å²) in [6, 6.07) is 18.1. The molecule has 0 radical (unpaired) electrons. The number of nitrogens with zero attached hydrogens (tertiary/aromatic N) is 3. The van der Waals surface area contributed by atoms with Crippen molar-refractivity contribution in [3.8, 4) is 0 Å². The first-order chi connectivity index (χ1) is 13.6. The van der Waals surface area contributed by atoms with E-state index in [-0.39, 0.29) is 5.69 Å². The van der Waals surface area contributed by atoms with Crippen LogP contribution in [0.5, 0.6) is 0 Å². The van der Waals surface area contributed by atoms with Crippen molar-refractivity contribution >= 4 is 23.4 Å². The Morgan fingerprint density at radius 2 is 1.82 bits per heavy atom. The van der Waals surface area contributed by atoms with E-state index >= 15 is 0 Å². The molecule has 0 aliphatic heterocycles. The fraction of sp³-hybridized carbons (Fsp3) is 0.143. The number of carbonyl (C=O) groups excluding carboxylic acids is 2. The van der Waals surface area contributed by atoms with E-state index in [2.05, 4.69) is 15.3 Å². The van der Waals surface area contributed by atoms with E-state index in [1.807, 2.05) is 42.3 Å². The molecule has 142 valence electrons. The molecule has 0 saturated heterocycles. The number of anilines is 2. The molecule has 0 aliphatic rings. The molecule has 0 unspecified atom stereocenters. The van der Waals surface area contributed by atoms with Gasteiger partial charge in [-0.05, 0) is 23.8 Å². The number of hydrogen-bond acceptors (Lipinski definition) is 6. The number of hydrogen-bond donors (Lipinski definition) is 1. The standard InChI is InChI=1S/C21H20N4O3/c1-25(13-15-7-4-3-5-8-15)19-12-18(22-14-23-19)20(26)24-17-10-6-9-16(11-17)21(27)28-2/h3-12,14H,13H2,1-2H3,(H,24,26). The molecular weight excluding hydrogens is 356 g/mol. The molecule has 2 aromatic carbocycles.